The lowest BCUT2D eigenvalue weighted by atomic mass is 10.0. The summed E-state index contributed by atoms with van der Waals surface area (Å²) >= 11 is 0. The molecule has 8 aliphatic rings. The normalized spacial score (nSPS) is 17.4. The molecule has 0 bridgehead atoms. The quantitative estimate of drug-likeness (QED) is 0.00964. The number of hydrogen-bond acceptors (Lipinski definition) is 25. The van der Waals surface area contributed by atoms with E-state index in [0.29, 0.717) is 181 Å². The Hall–Kier alpha value is -14.3. The molecule has 6 fully saturated rings. The van der Waals surface area contributed by atoms with Crippen LogP contribution in [0.1, 0.15) is 226 Å². The number of imide groups is 4. The molecule has 764 valence electrons. The van der Waals surface area contributed by atoms with Crippen molar-refractivity contribution >= 4 is 138 Å². The van der Waals surface area contributed by atoms with E-state index in [1.165, 1.54) is 30.7 Å². The van der Waals surface area contributed by atoms with Crippen LogP contribution >= 0.6 is 0 Å². The lowest BCUT2D eigenvalue weighted by Crippen LogP contribution is -2.54. The number of rotatable bonds is 40. The number of benzene rings is 8. The number of Topliss-reactive ketones (excluding diaryl/α,β-unsaturated/α-hetero) is 1. The Morgan fingerprint density at radius 3 is 1.23 bits per heavy atom. The molecule has 8 aliphatic heterocycles. The van der Waals surface area contributed by atoms with Gasteiger partial charge in [-0.1, -0.05) is 82.1 Å². The van der Waals surface area contributed by atoms with Crippen LogP contribution in [-0.4, -0.2) is 252 Å². The molecule has 2 atom stereocenters. The molecule has 38 heteroatoms. The van der Waals surface area contributed by atoms with Crippen molar-refractivity contribution in [3.05, 3.63) is 224 Å². The molecule has 34 nitrogen and oxygen atoms in total. The second-order valence-electron chi connectivity index (χ2n) is 38.0. The summed E-state index contributed by atoms with van der Waals surface area (Å²) in [5.74, 6) is -7.09. The highest BCUT2D eigenvalue weighted by Crippen LogP contribution is 2.38. The van der Waals surface area contributed by atoms with E-state index in [2.05, 4.69) is 77.6 Å². The number of anilines is 8. The number of aromatic amines is 2. The Balaban J connectivity index is 0.000000174. The molecular weight excluding hydrogens is 1870 g/mol. The zero-order chi connectivity index (χ0) is 102. The number of nitrogens with two attached hydrogens (primary N) is 1. The average molecular weight is 1990 g/mol. The van der Waals surface area contributed by atoms with Crippen molar-refractivity contribution in [3.8, 4) is 0 Å². The number of carboxylic acids is 1. The maximum Gasteiger partial charge on any atom is 0.317 e. The fourth-order valence-electron chi connectivity index (χ4n) is 19.9. The fraction of sp³-hybridized carbons (Fsp3) is 0.421. The number of carbonyl (C=O) groups excluding carboxylic acids is 11. The summed E-state index contributed by atoms with van der Waals surface area (Å²) in [5, 5.41) is 49.3. The van der Waals surface area contributed by atoms with Gasteiger partial charge in [0.1, 0.15) is 41.1 Å². The second kappa shape index (κ2) is 49.3. The number of carboxylic acid groups (broad SMARTS) is 1. The Bertz CT molecular complexity index is 6390. The minimum Gasteiger partial charge on any atom is -0.480 e. The standard InChI is InChI=1S/C54H61F2N9O7.C32H34F2N6O4.C21H28N4O4/c55-36-28-35(29-37(56)31-36)27-34-12-15-44-43(30-34)50(62-61-44)60-51(68)41-14-13-39(32-46(41)58-38-18-25-72-26-19-38)64-23-21-63(22-24-64)33-40(66)9-6-4-2-1-3-5-7-20-57-45-11-8-10-42-49(45)54(71)65(53(42)70)47-16-17-48(67)59-52(47)69;33-22-14-21(15-23(34)17-22)13-20-1-4-28-27(16-20)31(38-37-28)36-32(43)26-3-2-25(18-29(26)35-24-5-11-44-12-6-24)40-9-7-39(8-10-40)19-30(41)42;22-12-5-3-1-2-4-6-13-23-15-9-7-8-14-18(15)21(29)25(20(14)28)16-10-11-17(26)24-19(16)27/h8,10-15,28-32,38,47,57-58H,1-7,9,16-27,33H2,(H,59,67,69)(H2,60,61,62,68);1-4,14-18,24,35H,5-13,19H2,(H,41,42)(H2,36,37,38,43);7-9,16,23H,1-6,10-13,22H2,(H,24,26,27). The first-order valence-electron chi connectivity index (χ1n) is 50.3. The molecule has 0 aliphatic carbocycles. The maximum atomic E-state index is 14.0. The number of halogens is 4. The highest BCUT2D eigenvalue weighted by molar-refractivity contribution is 6.27. The molecule has 0 radical (unpaired) electrons. The first kappa shape index (κ1) is 104. The lowest BCUT2D eigenvalue weighted by molar-refractivity contribution is -0.139. The van der Waals surface area contributed by atoms with Gasteiger partial charge in [0.2, 0.25) is 23.6 Å². The van der Waals surface area contributed by atoms with E-state index >= 15 is 0 Å². The summed E-state index contributed by atoms with van der Waals surface area (Å²) in [7, 11) is 0. The van der Waals surface area contributed by atoms with Gasteiger partial charge in [0.05, 0.1) is 57.5 Å². The number of unbranched alkanes of at least 4 members (excludes halogenated alkanes) is 11. The number of nitrogens with zero attached hydrogens (tertiary/aromatic N) is 8. The molecule has 18 rings (SSSR count). The molecule has 10 aromatic rings. The molecule has 10 heterocycles. The van der Waals surface area contributed by atoms with Crippen molar-refractivity contribution in [1.29, 1.82) is 0 Å². The first-order valence-corrected chi connectivity index (χ1v) is 50.3. The van der Waals surface area contributed by atoms with Gasteiger partial charge in [0, 0.05) is 180 Å². The highest BCUT2D eigenvalue weighted by Gasteiger charge is 2.48. The van der Waals surface area contributed by atoms with Crippen LogP contribution in [0.15, 0.2) is 146 Å². The molecule has 2 unspecified atom stereocenters. The zero-order valence-electron chi connectivity index (χ0n) is 81.0. The molecule has 2 aromatic heterocycles. The Morgan fingerprint density at radius 2 is 0.821 bits per heavy atom. The predicted octanol–water partition coefficient (Wildman–Crippen LogP) is 13.9. The summed E-state index contributed by atoms with van der Waals surface area (Å²) in [5.41, 5.74) is 16.1. The largest absolute Gasteiger partial charge is 0.480 e. The number of aliphatic carboxylic acids is 1. The van der Waals surface area contributed by atoms with E-state index in [1.807, 2.05) is 71.6 Å². The number of carbonyl (C=O) groups is 12. The van der Waals surface area contributed by atoms with E-state index < -0.39 is 82.7 Å². The number of ether oxygens (including phenoxy) is 2. The van der Waals surface area contributed by atoms with Crippen LogP contribution < -0.4 is 58.1 Å². The third-order valence-electron chi connectivity index (χ3n) is 27.6. The molecule has 13 N–H and O–H groups in total. The van der Waals surface area contributed by atoms with Crippen molar-refractivity contribution in [1.82, 2.24) is 50.6 Å². The Labute approximate surface area is 836 Å². The van der Waals surface area contributed by atoms with Gasteiger partial charge in [-0.15, -0.1) is 0 Å². The number of ketones is 1. The highest BCUT2D eigenvalue weighted by atomic mass is 19.1. The molecule has 8 aromatic carbocycles. The van der Waals surface area contributed by atoms with E-state index in [0.717, 1.165) is 180 Å². The van der Waals surface area contributed by atoms with Gasteiger partial charge < -0.3 is 62.0 Å². The van der Waals surface area contributed by atoms with Gasteiger partial charge in [-0.25, -0.2) is 17.6 Å². The third kappa shape index (κ3) is 26.8. The molecule has 6 saturated heterocycles. The minimum absolute atomic E-state index is 0.0240. The summed E-state index contributed by atoms with van der Waals surface area (Å²) in [6, 6.07) is 38.1. The number of hydrogen-bond donors (Lipinski definition) is 12. The monoisotopic (exact) mass is 1990 g/mol. The van der Waals surface area contributed by atoms with Crippen LogP contribution in [-0.2, 0) is 51.1 Å². The van der Waals surface area contributed by atoms with Gasteiger partial charge >= 0.3 is 5.97 Å². The number of H-pyrrole nitrogens is 2. The third-order valence-corrected chi connectivity index (χ3v) is 27.6. The summed E-state index contributed by atoms with van der Waals surface area (Å²) < 4.78 is 66.4. The number of amides is 10. The summed E-state index contributed by atoms with van der Waals surface area (Å²) in [4.78, 5) is 162. The number of nitrogens with one attached hydrogen (secondary N) is 10. The van der Waals surface area contributed by atoms with Crippen molar-refractivity contribution in [3.63, 3.8) is 0 Å². The van der Waals surface area contributed by atoms with E-state index in [1.54, 1.807) is 42.5 Å². The molecule has 0 spiro atoms. The van der Waals surface area contributed by atoms with Crippen LogP contribution in [0.4, 0.5) is 63.3 Å². The Morgan fingerprint density at radius 1 is 0.421 bits per heavy atom. The van der Waals surface area contributed by atoms with Gasteiger partial charge in [-0.05, 0) is 215 Å². The molecule has 10 amide bonds. The first-order chi connectivity index (χ1) is 70.3. The van der Waals surface area contributed by atoms with Gasteiger partial charge in [0.25, 0.3) is 35.4 Å². The van der Waals surface area contributed by atoms with Crippen LogP contribution in [0.2, 0.25) is 0 Å². The van der Waals surface area contributed by atoms with E-state index in [4.69, 9.17) is 20.3 Å². The molecule has 145 heavy (non-hydrogen) atoms. The average Bonchev–Trinajstić information content (AvgIpc) is 1.60. The van der Waals surface area contributed by atoms with Crippen molar-refractivity contribution < 1.29 is 89.7 Å². The van der Waals surface area contributed by atoms with Crippen molar-refractivity contribution in [2.45, 2.75) is 178 Å². The van der Waals surface area contributed by atoms with Crippen LogP contribution in [0.5, 0.6) is 0 Å². The topological polar surface area (TPSA) is 443 Å². The van der Waals surface area contributed by atoms with Gasteiger partial charge in [0.15, 0.2) is 11.6 Å². The fourth-order valence-corrected chi connectivity index (χ4v) is 19.9. The minimum atomic E-state index is -0.999. The maximum absolute atomic E-state index is 14.0. The van der Waals surface area contributed by atoms with Crippen LogP contribution in [0, 0.1) is 23.3 Å². The summed E-state index contributed by atoms with van der Waals surface area (Å²) in [6.07, 6.45) is 18.4. The summed E-state index contributed by atoms with van der Waals surface area (Å²) in [6.45, 7) is 10.7. The van der Waals surface area contributed by atoms with Gasteiger partial charge in [-0.2, -0.15) is 10.2 Å². The van der Waals surface area contributed by atoms with Crippen LogP contribution in [0.3, 0.4) is 0 Å². The molecule has 0 saturated carbocycles. The smallest absolute Gasteiger partial charge is 0.317 e. The zero-order valence-corrected chi connectivity index (χ0v) is 81.0. The van der Waals surface area contributed by atoms with Gasteiger partial charge in [-0.3, -0.25) is 98.0 Å². The predicted molar refractivity (Wildman–Crippen MR) is 541 cm³/mol. The molecular formula is C107H123F4N19O15. The lowest BCUT2D eigenvalue weighted by Gasteiger charge is -2.36. The SMILES string of the molecule is NCCCCCCCCNc1cccc2c1C(=O)N(C1CCC(=O)NC1=O)C2=O.O=C(CCCCCCCCCNc1cccc2c1C(=O)N(C1CCC(=O)NC1=O)C2=O)CN1CCN(c2ccc(C(=O)Nc3n[nH]c4ccc(Cc5cc(F)cc(F)c5)cc34)c(NC3CCOCC3)c2)CC1.O=C(O)CN1CCN(c2ccc(C(=O)Nc3n[nH]c4ccc(Cc5cc(F)cc(F)c5)cc34)c(NC3CCOCC3)c2)CC1. The van der Waals surface area contributed by atoms with Crippen LogP contribution in [0.25, 0.3) is 21.8 Å². The number of aromatic nitrogens is 4. The van der Waals surface area contributed by atoms with E-state index in [-0.39, 0.29) is 78.9 Å². The van der Waals surface area contributed by atoms with E-state index in [9.17, 15) is 75.1 Å². The number of piperazine rings is 2. The van der Waals surface area contributed by atoms with Crippen molar-refractivity contribution in [2.24, 2.45) is 5.73 Å². The number of piperidine rings is 2. The van der Waals surface area contributed by atoms with Crippen molar-refractivity contribution in [2.75, 3.05) is 153 Å². The second-order valence-corrected chi connectivity index (χ2v) is 38.0. The number of fused-ring (bicyclic) bond motifs is 4. The Kier molecular flexibility index (Phi) is 35.2.